The van der Waals surface area contributed by atoms with Crippen LogP contribution in [0.3, 0.4) is 0 Å². The van der Waals surface area contributed by atoms with Gasteiger partial charge < -0.3 is 19.7 Å². The van der Waals surface area contributed by atoms with Gasteiger partial charge in [-0.15, -0.1) is 0 Å². The largest absolute Gasteiger partial charge is 0.497 e. The van der Waals surface area contributed by atoms with Crippen LogP contribution < -0.4 is 10.1 Å². The second kappa shape index (κ2) is 9.30. The highest BCUT2D eigenvalue weighted by Gasteiger charge is 2.56. The summed E-state index contributed by atoms with van der Waals surface area (Å²) in [5.74, 6) is 0.534. The first kappa shape index (κ1) is 24.1. The molecule has 0 aliphatic carbocycles. The summed E-state index contributed by atoms with van der Waals surface area (Å²) in [7, 11) is 1.47. The van der Waals surface area contributed by atoms with Gasteiger partial charge in [0, 0.05) is 41.5 Å². The highest BCUT2D eigenvalue weighted by atomic mass is 19.4. The Morgan fingerprint density at radius 1 is 1.06 bits per heavy atom. The number of rotatable bonds is 8. The van der Waals surface area contributed by atoms with E-state index in [1.54, 1.807) is 42.5 Å². The smallest absolute Gasteiger partial charge is 0.423 e. The first-order chi connectivity index (χ1) is 16.6. The van der Waals surface area contributed by atoms with E-state index in [0.29, 0.717) is 11.4 Å². The fourth-order valence-corrected chi connectivity index (χ4v) is 3.92. The molecule has 0 aliphatic heterocycles. The molecule has 0 radical (unpaired) electrons. The predicted molar refractivity (Wildman–Crippen MR) is 126 cm³/mol. The van der Waals surface area contributed by atoms with Crippen LogP contribution >= 0.6 is 0 Å². The number of hydrogen-bond acceptors (Lipinski definition) is 5. The summed E-state index contributed by atoms with van der Waals surface area (Å²) >= 11 is 0. The molecular weight excluding hydrogens is 463 g/mol. The molecule has 4 rings (SSSR count). The number of benzene rings is 3. The number of aromatic nitrogens is 1. The lowest BCUT2D eigenvalue weighted by Crippen LogP contribution is -2.47. The number of halogens is 3. The van der Waals surface area contributed by atoms with Crippen LogP contribution in [0.4, 0.5) is 24.5 Å². The topological polar surface area (TPSA) is 89.6 Å². The molecule has 0 aliphatic rings. The molecule has 35 heavy (non-hydrogen) atoms. The van der Waals surface area contributed by atoms with Crippen molar-refractivity contribution in [1.29, 1.82) is 0 Å². The summed E-state index contributed by atoms with van der Waals surface area (Å²) in [6, 6.07) is 18.8. The second-order valence-corrected chi connectivity index (χ2v) is 8.05. The fraction of sp³-hybridized carbons (Fsp3) is 0.200. The minimum atomic E-state index is -5.04. The van der Waals surface area contributed by atoms with Gasteiger partial charge in [0.2, 0.25) is 5.60 Å². The molecule has 1 unspecified atom stereocenters. The van der Waals surface area contributed by atoms with E-state index >= 15 is 0 Å². The first-order valence-corrected chi connectivity index (χ1v) is 10.6. The number of nitrogens with zero attached hydrogens (tertiary/aromatic N) is 2. The van der Waals surface area contributed by atoms with Crippen LogP contribution in [-0.4, -0.2) is 34.4 Å². The van der Waals surface area contributed by atoms with Crippen molar-refractivity contribution >= 4 is 22.3 Å². The van der Waals surface area contributed by atoms with Crippen molar-refractivity contribution in [3.8, 4) is 5.75 Å². The number of ether oxygens (including phenoxy) is 1. The van der Waals surface area contributed by atoms with Crippen molar-refractivity contribution < 1.29 is 27.9 Å². The summed E-state index contributed by atoms with van der Waals surface area (Å²) in [5, 5.41) is 25.1. The number of anilines is 1. The monoisotopic (exact) mass is 485 g/mol. The highest BCUT2D eigenvalue weighted by Crippen LogP contribution is 2.43. The van der Waals surface area contributed by atoms with Crippen LogP contribution in [0.5, 0.6) is 5.75 Å². The lowest BCUT2D eigenvalue weighted by Gasteiger charge is -2.31. The quantitative estimate of drug-likeness (QED) is 0.255. The molecule has 0 fully saturated rings. The molecule has 182 valence electrons. The molecule has 1 heterocycles. The Morgan fingerprint density at radius 2 is 1.74 bits per heavy atom. The van der Waals surface area contributed by atoms with Gasteiger partial charge in [0.15, 0.2) is 0 Å². The summed E-state index contributed by atoms with van der Waals surface area (Å²) < 4.78 is 49.6. The minimum Gasteiger partial charge on any atom is -0.497 e. The molecule has 3 aromatic carbocycles. The highest BCUT2D eigenvalue weighted by molar-refractivity contribution is 5.87. The minimum absolute atomic E-state index is 0.0721. The summed E-state index contributed by atoms with van der Waals surface area (Å²) in [5.41, 5.74) is -2.57. The van der Waals surface area contributed by atoms with Crippen molar-refractivity contribution in [1.82, 2.24) is 4.57 Å². The van der Waals surface area contributed by atoms with Gasteiger partial charge >= 0.3 is 6.18 Å². The van der Waals surface area contributed by atoms with E-state index in [1.165, 1.54) is 42.1 Å². The lowest BCUT2D eigenvalue weighted by molar-refractivity contribution is -0.384. The number of nitrogens with one attached hydrogen (secondary N) is 1. The summed E-state index contributed by atoms with van der Waals surface area (Å²) in [4.78, 5) is 10.7. The molecular formula is C25H22F3N3O4. The number of non-ortho nitro benzene ring substituents is 1. The Labute approximate surface area is 198 Å². The number of methoxy groups -OCH3 is 1. The Hall–Kier alpha value is -4.05. The third-order valence-corrected chi connectivity index (χ3v) is 5.83. The molecule has 0 spiro atoms. The van der Waals surface area contributed by atoms with Crippen molar-refractivity contribution in [2.24, 2.45) is 0 Å². The number of hydrogen-bond donors (Lipinski definition) is 2. The van der Waals surface area contributed by atoms with Gasteiger partial charge in [-0.1, -0.05) is 30.3 Å². The van der Waals surface area contributed by atoms with E-state index in [2.05, 4.69) is 5.32 Å². The Morgan fingerprint density at radius 3 is 2.34 bits per heavy atom. The molecule has 0 saturated heterocycles. The van der Waals surface area contributed by atoms with Crippen LogP contribution in [0.25, 0.3) is 10.9 Å². The molecule has 10 heteroatoms. The van der Waals surface area contributed by atoms with Gasteiger partial charge in [-0.3, -0.25) is 10.1 Å². The zero-order chi connectivity index (χ0) is 25.2. The second-order valence-electron chi connectivity index (χ2n) is 8.05. The SMILES string of the molecule is COc1ccc(NCC(O)(c2cn(Cc3ccccc3)c3cc([N+](=O)[O-])ccc23)C(F)(F)F)cc1. The van der Waals surface area contributed by atoms with Gasteiger partial charge in [0.05, 0.1) is 24.1 Å². The Balaban J connectivity index is 1.80. The van der Waals surface area contributed by atoms with Crippen molar-refractivity contribution in [3.05, 3.63) is 100 Å². The normalized spacial score (nSPS) is 13.4. The molecule has 0 bridgehead atoms. The first-order valence-electron chi connectivity index (χ1n) is 10.6. The number of nitro groups is 1. The van der Waals surface area contributed by atoms with Gasteiger partial charge in [0.1, 0.15) is 5.75 Å². The zero-order valence-electron chi connectivity index (χ0n) is 18.6. The molecule has 0 amide bonds. The molecule has 1 atom stereocenters. The Bertz CT molecular complexity index is 1340. The van der Waals surface area contributed by atoms with Crippen LogP contribution in [0.15, 0.2) is 79.0 Å². The van der Waals surface area contributed by atoms with Crippen LogP contribution in [0.1, 0.15) is 11.1 Å². The van der Waals surface area contributed by atoms with Crippen molar-refractivity contribution in [2.75, 3.05) is 19.0 Å². The molecule has 2 N–H and O–H groups in total. The maximum Gasteiger partial charge on any atom is 0.423 e. The van der Waals surface area contributed by atoms with Crippen LogP contribution in [0, 0.1) is 10.1 Å². The van der Waals surface area contributed by atoms with E-state index in [9.17, 15) is 28.4 Å². The Kier molecular flexibility index (Phi) is 6.40. The average Bonchev–Trinajstić information content (AvgIpc) is 3.20. The lowest BCUT2D eigenvalue weighted by atomic mass is 9.92. The number of nitro benzene ring substituents is 1. The maximum absolute atomic E-state index is 14.4. The fourth-order valence-electron chi connectivity index (χ4n) is 3.92. The van der Waals surface area contributed by atoms with Gasteiger partial charge in [-0.05, 0) is 35.9 Å². The molecule has 0 saturated carbocycles. The van der Waals surface area contributed by atoms with E-state index < -0.39 is 28.8 Å². The number of alkyl halides is 3. The van der Waals surface area contributed by atoms with Crippen LogP contribution in [-0.2, 0) is 12.1 Å². The van der Waals surface area contributed by atoms with Gasteiger partial charge in [-0.25, -0.2) is 0 Å². The average molecular weight is 485 g/mol. The van der Waals surface area contributed by atoms with E-state index in [0.717, 1.165) is 11.6 Å². The predicted octanol–water partition coefficient (Wildman–Crippen LogP) is 5.47. The van der Waals surface area contributed by atoms with E-state index in [4.69, 9.17) is 4.74 Å². The van der Waals surface area contributed by atoms with E-state index in [-0.39, 0.29) is 23.1 Å². The maximum atomic E-state index is 14.4. The summed E-state index contributed by atoms with van der Waals surface area (Å²) in [6.07, 6.45) is -3.83. The van der Waals surface area contributed by atoms with E-state index in [1.807, 2.05) is 0 Å². The molecule has 1 aromatic heterocycles. The van der Waals surface area contributed by atoms with Gasteiger partial charge in [-0.2, -0.15) is 13.2 Å². The third kappa shape index (κ3) is 4.78. The zero-order valence-corrected chi connectivity index (χ0v) is 18.6. The third-order valence-electron chi connectivity index (χ3n) is 5.83. The standard InChI is InChI=1S/C25H22F3N3O4/c1-35-20-10-7-18(8-11-20)29-16-24(32,25(26,27)28)22-15-30(14-17-5-3-2-4-6-17)23-13-19(31(33)34)9-12-21(22)23/h2-13,15,29,32H,14,16H2,1H3. The van der Waals surface area contributed by atoms with Crippen LogP contribution in [0.2, 0.25) is 0 Å². The van der Waals surface area contributed by atoms with Gasteiger partial charge in [0.25, 0.3) is 5.69 Å². The number of aliphatic hydroxyl groups is 1. The van der Waals surface area contributed by atoms with Crippen molar-refractivity contribution in [3.63, 3.8) is 0 Å². The molecule has 7 nitrogen and oxygen atoms in total. The van der Waals surface area contributed by atoms with Crippen molar-refractivity contribution in [2.45, 2.75) is 18.3 Å². The molecule has 4 aromatic rings. The summed E-state index contributed by atoms with van der Waals surface area (Å²) in [6.45, 7) is -0.706. The number of fused-ring (bicyclic) bond motifs is 1.